The van der Waals surface area contributed by atoms with Crippen LogP contribution in [0.3, 0.4) is 0 Å². The molecule has 2 aliphatic carbocycles. The lowest BCUT2D eigenvalue weighted by molar-refractivity contribution is -0.147. The van der Waals surface area contributed by atoms with Crippen molar-refractivity contribution in [3.8, 4) is 0 Å². The fourth-order valence-electron chi connectivity index (χ4n) is 5.23. The van der Waals surface area contributed by atoms with E-state index < -0.39 is 18.3 Å². The van der Waals surface area contributed by atoms with Gasteiger partial charge in [-0.25, -0.2) is 9.18 Å². The number of anilines is 1. The summed E-state index contributed by atoms with van der Waals surface area (Å²) in [5.74, 6) is -0.308. The number of alkyl halides is 1. The third-order valence-corrected chi connectivity index (χ3v) is 7.04. The predicted octanol–water partition coefficient (Wildman–Crippen LogP) is 5.29. The van der Waals surface area contributed by atoms with E-state index in [1.54, 1.807) is 12.1 Å². The number of nitrogens with one attached hydrogen (secondary N) is 1. The Labute approximate surface area is 187 Å². The van der Waals surface area contributed by atoms with Gasteiger partial charge in [0.25, 0.3) is 0 Å². The number of hydrogen-bond donors (Lipinski definition) is 2. The standard InChI is InChI=1S/C25H27ClFNO3/c1-31-23(30)25(28-21-7-4-6-19(26)15-21)11-9-24(10-12-25)18(14-20(27)16-29)13-17-5-2-3-8-22(17)24/h2-8,13,15,20,28-29H,9-12,14,16H2,1H3. The molecule has 4 rings (SSSR count). The third kappa shape index (κ3) is 3.97. The number of aliphatic hydroxyl groups is 1. The second-order valence-corrected chi connectivity index (χ2v) is 8.97. The summed E-state index contributed by atoms with van der Waals surface area (Å²) in [7, 11) is 1.40. The van der Waals surface area contributed by atoms with Crippen LogP contribution in [-0.4, -0.2) is 36.5 Å². The maximum atomic E-state index is 14.2. The van der Waals surface area contributed by atoms with Crippen LogP contribution in [-0.2, 0) is 14.9 Å². The number of benzene rings is 2. The minimum absolute atomic E-state index is 0.193. The second-order valence-electron chi connectivity index (χ2n) is 8.53. The van der Waals surface area contributed by atoms with Crippen molar-refractivity contribution in [2.75, 3.05) is 19.0 Å². The summed E-state index contributed by atoms with van der Waals surface area (Å²) in [6, 6.07) is 15.4. The van der Waals surface area contributed by atoms with Crippen LogP contribution in [0.15, 0.2) is 54.1 Å². The molecule has 1 atom stereocenters. The highest BCUT2D eigenvalue weighted by Gasteiger charge is 2.52. The van der Waals surface area contributed by atoms with Gasteiger partial charge in [0, 0.05) is 22.5 Å². The largest absolute Gasteiger partial charge is 0.467 e. The van der Waals surface area contributed by atoms with Crippen LogP contribution in [0.5, 0.6) is 0 Å². The van der Waals surface area contributed by atoms with Crippen LogP contribution >= 0.6 is 11.6 Å². The number of fused-ring (bicyclic) bond motifs is 2. The molecule has 6 heteroatoms. The summed E-state index contributed by atoms with van der Waals surface area (Å²) in [6.45, 7) is -0.494. The number of allylic oxidation sites excluding steroid dienone is 1. The molecule has 1 spiro atoms. The summed E-state index contributed by atoms with van der Waals surface area (Å²) < 4.78 is 19.4. The van der Waals surface area contributed by atoms with Crippen LogP contribution in [0.2, 0.25) is 5.02 Å². The molecule has 2 aromatic rings. The number of rotatable bonds is 6. The van der Waals surface area contributed by atoms with E-state index in [1.165, 1.54) is 12.7 Å². The Kier molecular flexibility index (Phi) is 6.09. The first kappa shape index (κ1) is 21.8. The minimum atomic E-state index is -1.30. The van der Waals surface area contributed by atoms with E-state index in [0.717, 1.165) is 16.8 Å². The van der Waals surface area contributed by atoms with Gasteiger partial charge in [-0.05, 0) is 55.0 Å². The molecule has 2 aliphatic rings. The Bertz CT molecular complexity index is 998. The lowest BCUT2D eigenvalue weighted by atomic mass is 9.61. The number of carbonyl (C=O) groups is 1. The van der Waals surface area contributed by atoms with Crippen molar-refractivity contribution in [2.24, 2.45) is 0 Å². The molecule has 31 heavy (non-hydrogen) atoms. The zero-order valence-corrected chi connectivity index (χ0v) is 18.3. The Morgan fingerprint density at radius 2 is 1.94 bits per heavy atom. The number of aliphatic hydroxyl groups excluding tert-OH is 1. The van der Waals surface area contributed by atoms with Crippen molar-refractivity contribution >= 4 is 29.3 Å². The van der Waals surface area contributed by atoms with Crippen LogP contribution in [0.1, 0.15) is 43.2 Å². The first-order valence-electron chi connectivity index (χ1n) is 10.6. The summed E-state index contributed by atoms with van der Waals surface area (Å²) in [4.78, 5) is 12.9. The highest BCUT2D eigenvalue weighted by molar-refractivity contribution is 6.30. The molecular weight excluding hydrogens is 417 g/mol. The molecule has 164 valence electrons. The Hall–Kier alpha value is -2.37. The van der Waals surface area contributed by atoms with Crippen molar-refractivity contribution in [1.82, 2.24) is 0 Å². The molecule has 0 radical (unpaired) electrons. The average Bonchev–Trinajstić information content (AvgIpc) is 3.07. The van der Waals surface area contributed by atoms with Crippen LogP contribution in [0, 0.1) is 0 Å². The van der Waals surface area contributed by atoms with Gasteiger partial charge in [-0.2, -0.15) is 0 Å². The summed E-state index contributed by atoms with van der Waals surface area (Å²) >= 11 is 6.14. The highest BCUT2D eigenvalue weighted by Crippen LogP contribution is 2.54. The third-order valence-electron chi connectivity index (χ3n) is 6.80. The Morgan fingerprint density at radius 3 is 2.61 bits per heavy atom. The van der Waals surface area contributed by atoms with Crippen LogP contribution < -0.4 is 5.32 Å². The summed E-state index contributed by atoms with van der Waals surface area (Å²) in [6.07, 6.45) is 3.38. The molecule has 2 N–H and O–H groups in total. The van der Waals surface area contributed by atoms with E-state index in [4.69, 9.17) is 16.3 Å². The van der Waals surface area contributed by atoms with Crippen molar-refractivity contribution in [3.05, 3.63) is 70.3 Å². The number of hydrogen-bond acceptors (Lipinski definition) is 4. The fourth-order valence-corrected chi connectivity index (χ4v) is 5.42. The SMILES string of the molecule is COC(=O)C1(Nc2cccc(Cl)c2)CCC2(CC1)C(CC(F)CO)=Cc1ccccc12. The number of methoxy groups -OCH3 is 1. The van der Waals surface area contributed by atoms with Crippen LogP contribution in [0.4, 0.5) is 10.1 Å². The Morgan fingerprint density at radius 1 is 1.19 bits per heavy atom. The fraction of sp³-hybridized carbons (Fsp3) is 0.400. The first-order valence-corrected chi connectivity index (χ1v) is 11.0. The molecule has 0 heterocycles. The number of esters is 1. The van der Waals surface area contributed by atoms with E-state index in [0.29, 0.717) is 30.7 Å². The van der Waals surface area contributed by atoms with Crippen molar-refractivity contribution in [1.29, 1.82) is 0 Å². The van der Waals surface area contributed by atoms with E-state index in [9.17, 15) is 14.3 Å². The second kappa shape index (κ2) is 8.64. The molecular formula is C25H27ClFNO3. The molecule has 4 nitrogen and oxygen atoms in total. The number of carbonyl (C=O) groups excluding carboxylic acids is 1. The summed E-state index contributed by atoms with van der Waals surface area (Å²) in [5, 5.41) is 13.3. The molecule has 1 saturated carbocycles. The molecule has 1 unspecified atom stereocenters. The Balaban J connectivity index is 1.66. The smallest absolute Gasteiger partial charge is 0.331 e. The molecule has 2 aromatic carbocycles. The maximum Gasteiger partial charge on any atom is 0.331 e. The molecule has 0 aliphatic heterocycles. The average molecular weight is 444 g/mol. The molecule has 0 bridgehead atoms. The van der Waals surface area contributed by atoms with Gasteiger partial charge in [-0.15, -0.1) is 0 Å². The normalized spacial score (nSPS) is 25.6. The van der Waals surface area contributed by atoms with Gasteiger partial charge in [0.1, 0.15) is 11.7 Å². The lowest BCUT2D eigenvalue weighted by Gasteiger charge is -2.46. The zero-order chi connectivity index (χ0) is 22.1. The van der Waals surface area contributed by atoms with Crippen molar-refractivity contribution in [3.63, 3.8) is 0 Å². The molecule has 1 fully saturated rings. The van der Waals surface area contributed by atoms with Crippen LogP contribution in [0.25, 0.3) is 6.08 Å². The zero-order valence-electron chi connectivity index (χ0n) is 17.5. The van der Waals surface area contributed by atoms with Gasteiger partial charge in [-0.1, -0.05) is 53.6 Å². The lowest BCUT2D eigenvalue weighted by Crippen LogP contribution is -2.52. The van der Waals surface area contributed by atoms with Crippen molar-refractivity contribution in [2.45, 2.75) is 49.2 Å². The maximum absolute atomic E-state index is 14.2. The number of halogens is 2. The monoisotopic (exact) mass is 443 g/mol. The molecule has 0 amide bonds. The topological polar surface area (TPSA) is 58.6 Å². The predicted molar refractivity (Wildman–Crippen MR) is 121 cm³/mol. The van der Waals surface area contributed by atoms with Gasteiger partial charge >= 0.3 is 5.97 Å². The van der Waals surface area contributed by atoms with Gasteiger partial charge < -0.3 is 15.2 Å². The number of ether oxygens (including phenoxy) is 1. The van der Waals surface area contributed by atoms with E-state index in [-0.39, 0.29) is 17.8 Å². The highest BCUT2D eigenvalue weighted by atomic mass is 35.5. The summed E-state index contributed by atoms with van der Waals surface area (Å²) in [5.41, 5.74) is 2.83. The van der Waals surface area contributed by atoms with Gasteiger partial charge in [0.2, 0.25) is 0 Å². The van der Waals surface area contributed by atoms with Gasteiger partial charge in [0.05, 0.1) is 13.7 Å². The van der Waals surface area contributed by atoms with E-state index in [1.807, 2.05) is 30.3 Å². The van der Waals surface area contributed by atoms with Gasteiger partial charge in [-0.3, -0.25) is 0 Å². The van der Waals surface area contributed by atoms with Gasteiger partial charge in [0.15, 0.2) is 0 Å². The molecule has 0 aromatic heterocycles. The van der Waals surface area contributed by atoms with Crippen molar-refractivity contribution < 1.29 is 19.0 Å². The molecule has 0 saturated heterocycles. The quantitative estimate of drug-likeness (QED) is 0.595. The van der Waals surface area contributed by atoms with E-state index >= 15 is 0 Å². The first-order chi connectivity index (χ1) is 14.9. The van der Waals surface area contributed by atoms with E-state index in [2.05, 4.69) is 17.5 Å². The minimum Gasteiger partial charge on any atom is -0.467 e.